The maximum atomic E-state index is 8.17. The van der Waals surface area contributed by atoms with Crippen LogP contribution in [-0.4, -0.2) is 35.1 Å². The first-order valence-corrected chi connectivity index (χ1v) is 1.27. The molecule has 2 nitrogen and oxygen atoms in total. The molecule has 0 aromatic rings. The second kappa shape index (κ2) is 122. The van der Waals surface area contributed by atoms with Crippen LogP contribution in [0.2, 0.25) is 0 Å². The topological polar surface area (TPSA) is 34.1 Å². The van der Waals surface area contributed by atoms with Crippen molar-refractivity contribution in [1.29, 1.82) is 0 Å². The molecule has 4 radical (unpaired) electrons. The van der Waals surface area contributed by atoms with E-state index >= 15 is 0 Å². The van der Waals surface area contributed by atoms with E-state index in [4.69, 9.17) is 7.67 Å². The third kappa shape index (κ3) is 94.2. The van der Waals surface area contributed by atoms with Crippen LogP contribution in [0.1, 0.15) is 1.43 Å². The molecule has 0 aliphatic heterocycles. The summed E-state index contributed by atoms with van der Waals surface area (Å²) in [7, 11) is 0. The van der Waals surface area contributed by atoms with Crippen LogP contribution in [0.15, 0.2) is 0 Å². The Labute approximate surface area is 143 Å². The first-order valence-electron chi connectivity index (χ1n) is 0.372. The summed E-state index contributed by atoms with van der Waals surface area (Å²) in [5.41, 5.74) is 0. The fourth-order valence-electron chi connectivity index (χ4n) is 0. The van der Waals surface area contributed by atoms with E-state index in [9.17, 15) is 0 Å². The predicted octanol–water partition coefficient (Wildman–Crippen LogP) is -3.90. The van der Waals surface area contributed by atoms with Gasteiger partial charge in [0, 0.05) is 85.7 Å². The van der Waals surface area contributed by atoms with Crippen LogP contribution < -0.4 is 18.9 Å². The zero-order valence-corrected chi connectivity index (χ0v) is 11.5. The van der Waals surface area contributed by atoms with Gasteiger partial charge in [0.05, 0.1) is 0 Å². The zero-order chi connectivity index (χ0) is 4.00. The van der Waals surface area contributed by atoms with Gasteiger partial charge in [-0.15, -0.1) is 0 Å². The Morgan fingerprint density at radius 2 is 1.10 bits per heavy atom. The molecule has 0 saturated carbocycles. The zero-order valence-electron chi connectivity index (χ0n) is 6.07. The van der Waals surface area contributed by atoms with Crippen LogP contribution in [0.5, 0.6) is 0 Å². The molecule has 0 aliphatic carbocycles. The van der Waals surface area contributed by atoms with Gasteiger partial charge < -0.3 is 1.43 Å². The van der Waals surface area contributed by atoms with Crippen LogP contribution in [0, 0.1) is 0 Å². The van der Waals surface area contributed by atoms with Gasteiger partial charge in [0.1, 0.15) is 0 Å². The molecular formula is HAlCo2Li2MnNi2O2. The SMILES string of the molecule is [Co].[H-].[Li+].[Li].[Mn].[Ni].[Ni].[O]=[Al].[O]=[Co]. The molecule has 0 heterocycles. The molecule has 0 fully saturated rings. The summed E-state index contributed by atoms with van der Waals surface area (Å²) in [5, 5.41) is 0. The molecule has 63 valence electrons. The van der Waals surface area contributed by atoms with Gasteiger partial charge in [-0.25, -0.2) is 0 Å². The Hall–Kier alpha value is 3.85. The minimum atomic E-state index is 0. The Morgan fingerprint density at radius 3 is 1.10 bits per heavy atom. The van der Waals surface area contributed by atoms with Crippen LogP contribution in [-0.2, 0) is 90.2 Å². The van der Waals surface area contributed by atoms with E-state index in [1.165, 1.54) is 16.2 Å². The fraction of sp³-hybridized carbons (Fsp3) is 0. The van der Waals surface area contributed by atoms with Crippen molar-refractivity contribution in [2.24, 2.45) is 0 Å². The Kier molecular flexibility index (Phi) is 815. The molecule has 0 rings (SSSR count). The molecular weight excluding hydrogens is 363 g/mol. The van der Waals surface area contributed by atoms with Crippen molar-refractivity contribution in [3.63, 3.8) is 0 Å². The average Bonchev–Trinajstić information content (AvgIpc) is 1.50. The van der Waals surface area contributed by atoms with E-state index in [0.29, 0.717) is 0 Å². The van der Waals surface area contributed by atoms with Gasteiger partial charge in [0.15, 0.2) is 0 Å². The second-order valence-corrected chi connectivity index (χ2v) is 0. The molecule has 0 aromatic carbocycles. The molecule has 0 unspecified atom stereocenters. The monoisotopic (exact) mass is 363 g/mol. The van der Waals surface area contributed by atoms with Crippen LogP contribution in [0.3, 0.4) is 0 Å². The summed E-state index contributed by atoms with van der Waals surface area (Å²) in [6, 6.07) is 0. The Balaban J connectivity index is -0.000000000635. The van der Waals surface area contributed by atoms with Gasteiger partial charge in [-0.05, 0) is 0 Å². The third-order valence-electron chi connectivity index (χ3n) is 0. The van der Waals surface area contributed by atoms with Gasteiger partial charge in [0.2, 0.25) is 0 Å². The van der Waals surface area contributed by atoms with Gasteiger partial charge in [-0.2, -0.15) is 0 Å². The van der Waals surface area contributed by atoms with E-state index in [1.54, 1.807) is 0 Å². The number of hydrogen-bond donors (Lipinski definition) is 0. The van der Waals surface area contributed by atoms with Crippen molar-refractivity contribution < 1.29 is 110 Å². The van der Waals surface area contributed by atoms with E-state index in [1.807, 2.05) is 0 Å². The molecule has 0 amide bonds. The summed E-state index contributed by atoms with van der Waals surface area (Å²) in [5.74, 6) is 0. The van der Waals surface area contributed by atoms with E-state index < -0.39 is 0 Å². The van der Waals surface area contributed by atoms with Gasteiger partial charge in [0.25, 0.3) is 0 Å². The van der Waals surface area contributed by atoms with Crippen molar-refractivity contribution in [1.82, 2.24) is 0 Å². The molecule has 0 saturated heterocycles. The predicted molar refractivity (Wildman–Crippen MR) is 14.0 cm³/mol. The van der Waals surface area contributed by atoms with Crippen molar-refractivity contribution in [3.8, 4) is 0 Å². The van der Waals surface area contributed by atoms with Crippen LogP contribution in [0.25, 0.3) is 0 Å². The number of hydrogen-bond acceptors (Lipinski definition) is 2. The maximum absolute atomic E-state index is 8.17. The Bertz CT molecular complexity index is 32.1. The summed E-state index contributed by atoms with van der Waals surface area (Å²) in [6.07, 6.45) is 0. The normalized spacial score (nSPS) is 0.800. The standard InChI is InChI=1S/Al.2Co.2Li.Mn.2Ni.2O.H/q;;;;+1;;;;;;-1. The van der Waals surface area contributed by atoms with Crippen molar-refractivity contribution in [2.75, 3.05) is 0 Å². The quantitative estimate of drug-likeness (QED) is 0.412. The number of rotatable bonds is 0. The molecule has 0 aliphatic rings. The molecule has 0 bridgehead atoms. The summed E-state index contributed by atoms with van der Waals surface area (Å²) in [4.78, 5) is 0. The van der Waals surface area contributed by atoms with Crippen molar-refractivity contribution in [3.05, 3.63) is 0 Å². The fourth-order valence-corrected chi connectivity index (χ4v) is 0. The summed E-state index contributed by atoms with van der Waals surface area (Å²) in [6.45, 7) is 0. The second-order valence-electron chi connectivity index (χ2n) is 0. The summed E-state index contributed by atoms with van der Waals surface area (Å²) >= 11 is 3.48. The van der Waals surface area contributed by atoms with E-state index in [0.717, 1.165) is 0 Å². The first-order chi connectivity index (χ1) is 2.00. The van der Waals surface area contributed by atoms with Gasteiger partial charge >= 0.3 is 58.4 Å². The average molecular weight is 364 g/mol. The van der Waals surface area contributed by atoms with Crippen LogP contribution in [0.4, 0.5) is 0 Å². The minimum absolute atomic E-state index is 0. The van der Waals surface area contributed by atoms with Crippen molar-refractivity contribution in [2.45, 2.75) is 0 Å². The van der Waals surface area contributed by atoms with Gasteiger partial charge in [-0.1, -0.05) is 0 Å². The third-order valence-corrected chi connectivity index (χ3v) is 0. The van der Waals surface area contributed by atoms with Crippen molar-refractivity contribution >= 4 is 35.1 Å². The molecule has 0 spiro atoms. The summed E-state index contributed by atoms with van der Waals surface area (Å²) < 4.78 is 16.1. The van der Waals surface area contributed by atoms with E-state index in [-0.39, 0.29) is 106 Å². The van der Waals surface area contributed by atoms with Gasteiger partial charge in [-0.3, -0.25) is 0 Å². The molecule has 10 heavy (non-hydrogen) atoms. The Morgan fingerprint density at radius 1 is 1.10 bits per heavy atom. The molecule has 0 N–H and O–H groups in total. The van der Waals surface area contributed by atoms with E-state index in [2.05, 4.69) is 15.7 Å². The van der Waals surface area contributed by atoms with Crippen LogP contribution >= 0.6 is 0 Å². The molecule has 10 heteroatoms. The molecule has 0 aromatic heterocycles. The molecule has 0 atom stereocenters. The first kappa shape index (κ1) is 66.9.